The first-order valence-electron chi connectivity index (χ1n) is 11.9. The van der Waals surface area contributed by atoms with E-state index >= 15 is 0 Å². The molecule has 0 unspecified atom stereocenters. The lowest BCUT2D eigenvalue weighted by Gasteiger charge is -2.31. The third-order valence-corrected chi connectivity index (χ3v) is 8.51. The van der Waals surface area contributed by atoms with Crippen LogP contribution in [0.2, 0.25) is 0 Å². The fourth-order valence-corrected chi connectivity index (χ4v) is 6.36. The van der Waals surface area contributed by atoms with Gasteiger partial charge in [-0.15, -0.1) is 11.3 Å². The predicted molar refractivity (Wildman–Crippen MR) is 127 cm³/mol. The molecule has 0 N–H and O–H groups in total. The van der Waals surface area contributed by atoms with E-state index in [-0.39, 0.29) is 0 Å². The molecule has 182 valence electrons. The number of ether oxygens (including phenoxy) is 1. The average molecular weight is 498 g/mol. The number of Topliss-reactive ketones (excluding diaryl/α,β-unsaturated/α-hetero) is 1. The number of alkyl halides is 2. The molecule has 0 saturated heterocycles. The van der Waals surface area contributed by atoms with Crippen molar-refractivity contribution in [3.05, 3.63) is 26.7 Å². The Bertz CT molecular complexity index is 933. The Morgan fingerprint density at radius 2 is 2.00 bits per heavy atom. The molecule has 0 radical (unpaired) electrons. The SMILES string of the molecule is Cc1nc(CC(=O)CC2CCC(CCN3CCc4sc(OCC(C)(F)F)nc4C3)CC2)cs1. The molecule has 0 bridgehead atoms. The molecule has 0 atom stereocenters. The van der Waals surface area contributed by atoms with Gasteiger partial charge < -0.3 is 4.74 Å². The summed E-state index contributed by atoms with van der Waals surface area (Å²) in [6.07, 6.45) is 7.94. The maximum atomic E-state index is 13.0. The normalized spacial score (nSPS) is 21.7. The standard InChI is InChI=1S/C24H33F2N3O2S2/c1-16-27-19(14-32-16)12-20(30)11-18-5-3-17(4-6-18)7-9-29-10-8-22-21(13-29)28-23(33-22)31-15-24(2,25)26/h14,17-18H,3-13,15H2,1-2H3. The Morgan fingerprint density at radius 1 is 1.24 bits per heavy atom. The topological polar surface area (TPSA) is 55.3 Å². The van der Waals surface area contributed by atoms with E-state index in [1.54, 1.807) is 11.3 Å². The molecule has 1 fully saturated rings. The molecule has 3 heterocycles. The molecule has 0 aromatic carbocycles. The smallest absolute Gasteiger partial charge is 0.278 e. The van der Waals surface area contributed by atoms with Crippen molar-refractivity contribution >= 4 is 28.5 Å². The van der Waals surface area contributed by atoms with Gasteiger partial charge in [-0.25, -0.2) is 18.7 Å². The van der Waals surface area contributed by atoms with Crippen LogP contribution in [0.3, 0.4) is 0 Å². The Labute approximate surface area is 202 Å². The van der Waals surface area contributed by atoms with Gasteiger partial charge in [-0.3, -0.25) is 9.69 Å². The predicted octanol–water partition coefficient (Wildman–Crippen LogP) is 5.70. The highest BCUT2D eigenvalue weighted by Crippen LogP contribution is 2.34. The fourth-order valence-electron chi connectivity index (χ4n) is 4.85. The summed E-state index contributed by atoms with van der Waals surface area (Å²) in [5, 5.41) is 3.38. The first-order valence-corrected chi connectivity index (χ1v) is 13.6. The van der Waals surface area contributed by atoms with E-state index < -0.39 is 12.5 Å². The van der Waals surface area contributed by atoms with Gasteiger partial charge in [0.2, 0.25) is 0 Å². The number of ketones is 1. The molecular weight excluding hydrogens is 464 g/mol. The number of carbonyl (C=O) groups is 1. The zero-order valence-corrected chi connectivity index (χ0v) is 21.1. The van der Waals surface area contributed by atoms with Gasteiger partial charge >= 0.3 is 0 Å². The van der Waals surface area contributed by atoms with Crippen molar-refractivity contribution in [3.8, 4) is 5.19 Å². The lowest BCUT2D eigenvalue weighted by molar-refractivity contribution is -0.119. The third-order valence-electron chi connectivity index (χ3n) is 6.62. The van der Waals surface area contributed by atoms with Crippen LogP contribution in [0.4, 0.5) is 8.78 Å². The summed E-state index contributed by atoms with van der Waals surface area (Å²) in [5.74, 6) is -1.28. The number of rotatable bonds is 10. The number of hydrogen-bond acceptors (Lipinski definition) is 7. The van der Waals surface area contributed by atoms with Crippen molar-refractivity contribution < 1.29 is 18.3 Å². The van der Waals surface area contributed by atoms with Gasteiger partial charge in [0, 0.05) is 43.1 Å². The molecule has 1 aliphatic heterocycles. The number of halogens is 2. The Hall–Kier alpha value is -1.45. The molecular formula is C24H33F2N3O2S2. The van der Waals surface area contributed by atoms with Crippen LogP contribution in [-0.4, -0.2) is 46.3 Å². The van der Waals surface area contributed by atoms with Gasteiger partial charge in [0.1, 0.15) is 5.78 Å². The number of fused-ring (bicyclic) bond motifs is 1. The lowest BCUT2D eigenvalue weighted by Crippen LogP contribution is -2.32. The Balaban J connectivity index is 1.15. The van der Waals surface area contributed by atoms with Crippen LogP contribution in [0.25, 0.3) is 0 Å². The van der Waals surface area contributed by atoms with E-state index in [4.69, 9.17) is 4.74 Å². The number of thiazole rings is 2. The second-order valence-corrected chi connectivity index (χ2v) is 11.8. The van der Waals surface area contributed by atoms with E-state index in [0.717, 1.165) is 68.1 Å². The van der Waals surface area contributed by atoms with Crippen LogP contribution >= 0.6 is 22.7 Å². The van der Waals surface area contributed by atoms with Gasteiger partial charge in [-0.1, -0.05) is 24.2 Å². The monoisotopic (exact) mass is 497 g/mol. The van der Waals surface area contributed by atoms with E-state index in [0.29, 0.717) is 29.7 Å². The van der Waals surface area contributed by atoms with Gasteiger partial charge in [-0.05, 0) is 51.0 Å². The first-order chi connectivity index (χ1) is 15.7. The van der Waals surface area contributed by atoms with E-state index in [1.807, 2.05) is 12.3 Å². The van der Waals surface area contributed by atoms with E-state index in [9.17, 15) is 13.6 Å². The molecule has 5 nitrogen and oxygen atoms in total. The highest BCUT2D eigenvalue weighted by molar-refractivity contribution is 7.13. The molecule has 1 aliphatic carbocycles. The molecule has 2 aromatic rings. The number of nitrogens with zero attached hydrogens (tertiary/aromatic N) is 3. The quantitative estimate of drug-likeness (QED) is 0.422. The molecule has 0 spiro atoms. The van der Waals surface area contributed by atoms with E-state index in [2.05, 4.69) is 14.9 Å². The van der Waals surface area contributed by atoms with Gasteiger partial charge in [0.05, 0.1) is 16.4 Å². The second kappa shape index (κ2) is 10.9. The zero-order valence-electron chi connectivity index (χ0n) is 19.4. The highest BCUT2D eigenvalue weighted by Gasteiger charge is 2.27. The summed E-state index contributed by atoms with van der Waals surface area (Å²) in [6.45, 7) is 5.01. The summed E-state index contributed by atoms with van der Waals surface area (Å²) in [6, 6.07) is 0. The second-order valence-electron chi connectivity index (χ2n) is 9.69. The molecule has 0 amide bonds. The maximum absolute atomic E-state index is 13.0. The molecule has 1 saturated carbocycles. The molecule has 4 rings (SSSR count). The van der Waals surface area contributed by atoms with Crippen LogP contribution in [0, 0.1) is 18.8 Å². The third kappa shape index (κ3) is 7.52. The molecule has 2 aromatic heterocycles. The van der Waals surface area contributed by atoms with Gasteiger partial charge in [0.15, 0.2) is 6.61 Å². The van der Waals surface area contributed by atoms with Crippen molar-refractivity contribution in [3.63, 3.8) is 0 Å². The Morgan fingerprint density at radius 3 is 2.70 bits per heavy atom. The highest BCUT2D eigenvalue weighted by atomic mass is 32.1. The minimum atomic E-state index is -2.84. The van der Waals surface area contributed by atoms with Crippen LogP contribution in [0.15, 0.2) is 5.38 Å². The van der Waals surface area contributed by atoms with Crippen LogP contribution < -0.4 is 4.74 Å². The summed E-state index contributed by atoms with van der Waals surface area (Å²) < 4.78 is 31.3. The van der Waals surface area contributed by atoms with E-state index in [1.165, 1.54) is 35.5 Å². The van der Waals surface area contributed by atoms with Crippen molar-refractivity contribution in [2.45, 2.75) is 77.7 Å². The Kier molecular flexibility index (Phi) is 8.12. The van der Waals surface area contributed by atoms with Gasteiger partial charge in [-0.2, -0.15) is 0 Å². The lowest BCUT2D eigenvalue weighted by atomic mass is 9.78. The summed E-state index contributed by atoms with van der Waals surface area (Å²) in [7, 11) is 0. The van der Waals surface area contributed by atoms with Gasteiger partial charge in [0.25, 0.3) is 11.1 Å². The zero-order chi connectivity index (χ0) is 23.4. The number of hydrogen-bond donors (Lipinski definition) is 0. The minimum Gasteiger partial charge on any atom is -0.464 e. The van der Waals surface area contributed by atoms with Crippen LogP contribution in [0.1, 0.15) is 66.7 Å². The molecule has 9 heteroatoms. The van der Waals surface area contributed by atoms with Crippen molar-refractivity contribution in [1.82, 2.24) is 14.9 Å². The maximum Gasteiger partial charge on any atom is 0.278 e. The largest absolute Gasteiger partial charge is 0.464 e. The minimum absolute atomic E-state index is 0.321. The number of aryl methyl sites for hydroxylation is 1. The van der Waals surface area contributed by atoms with Crippen molar-refractivity contribution in [2.75, 3.05) is 19.7 Å². The molecule has 2 aliphatic rings. The number of aromatic nitrogens is 2. The van der Waals surface area contributed by atoms with Crippen LogP contribution in [0.5, 0.6) is 5.19 Å². The molecule has 33 heavy (non-hydrogen) atoms. The average Bonchev–Trinajstić information content (AvgIpc) is 3.36. The van der Waals surface area contributed by atoms with Crippen molar-refractivity contribution in [1.29, 1.82) is 0 Å². The summed E-state index contributed by atoms with van der Waals surface area (Å²) >= 11 is 3.01. The fraction of sp³-hybridized carbons (Fsp3) is 0.708. The number of carbonyl (C=O) groups excluding carboxylic acids is 1. The summed E-state index contributed by atoms with van der Waals surface area (Å²) in [5.41, 5.74) is 1.90. The summed E-state index contributed by atoms with van der Waals surface area (Å²) in [4.78, 5) is 24.9. The van der Waals surface area contributed by atoms with Crippen LogP contribution in [-0.2, 0) is 24.2 Å². The first kappa shape index (κ1) is 24.7. The van der Waals surface area contributed by atoms with Crippen molar-refractivity contribution in [2.24, 2.45) is 11.8 Å².